The number of rotatable bonds is 6. The molecule has 2 aromatic heterocycles. The van der Waals surface area contributed by atoms with Crippen molar-refractivity contribution in [1.29, 1.82) is 5.26 Å². The highest BCUT2D eigenvalue weighted by atomic mass is 32.2. The average molecular weight is 339 g/mol. The molecule has 3 rings (SSSR count). The molecule has 0 radical (unpaired) electrons. The number of hydrogen-bond donors (Lipinski definition) is 0. The molecule has 2 aromatic rings. The molecule has 0 spiro atoms. The van der Waals surface area contributed by atoms with Crippen LogP contribution >= 0.6 is 11.8 Å². The second kappa shape index (κ2) is 8.11. The fourth-order valence-corrected chi connectivity index (χ4v) is 4.25. The Morgan fingerprint density at radius 1 is 1.33 bits per heavy atom. The van der Waals surface area contributed by atoms with Crippen molar-refractivity contribution in [3.05, 3.63) is 37.1 Å². The first-order chi connectivity index (χ1) is 11.8. The Bertz CT molecular complexity index is 713. The number of nitriles is 1. The molecule has 0 N–H and O–H groups in total. The third-order valence-electron chi connectivity index (χ3n) is 4.36. The molecule has 1 saturated carbocycles. The van der Waals surface area contributed by atoms with Crippen LogP contribution in [0, 0.1) is 17.2 Å². The summed E-state index contributed by atoms with van der Waals surface area (Å²) in [7, 11) is 0. The molecule has 0 saturated heterocycles. The third-order valence-corrected chi connectivity index (χ3v) is 5.62. The molecule has 0 amide bonds. The van der Waals surface area contributed by atoms with E-state index >= 15 is 0 Å². The molecular weight excluding hydrogens is 318 g/mol. The van der Waals surface area contributed by atoms with Crippen LogP contribution in [-0.2, 0) is 6.54 Å². The zero-order valence-electron chi connectivity index (χ0n) is 13.6. The lowest BCUT2D eigenvalue weighted by atomic mass is 9.87. The first-order valence-corrected chi connectivity index (χ1v) is 9.23. The van der Waals surface area contributed by atoms with Crippen molar-refractivity contribution in [2.75, 3.05) is 0 Å². The summed E-state index contributed by atoms with van der Waals surface area (Å²) >= 11 is 1.53. The summed E-state index contributed by atoms with van der Waals surface area (Å²) in [6, 6.07) is 8.21. The SMILES string of the molecule is C=CCn1c(S[C@@H](C#N)C2CCCCC2)nnc1-c1ccccn1. The van der Waals surface area contributed by atoms with Crippen LogP contribution in [0.25, 0.3) is 11.5 Å². The van der Waals surface area contributed by atoms with Gasteiger partial charge in [0, 0.05) is 12.7 Å². The van der Waals surface area contributed by atoms with Gasteiger partial charge in [-0.2, -0.15) is 5.26 Å². The van der Waals surface area contributed by atoms with Gasteiger partial charge in [-0.3, -0.25) is 9.55 Å². The molecule has 2 heterocycles. The maximum atomic E-state index is 9.62. The molecule has 0 bridgehead atoms. The molecule has 0 aliphatic heterocycles. The number of thioether (sulfide) groups is 1. The Kier molecular flexibility index (Phi) is 5.65. The van der Waals surface area contributed by atoms with Crippen LogP contribution in [0.4, 0.5) is 0 Å². The Hall–Kier alpha value is -2.13. The zero-order chi connectivity index (χ0) is 16.8. The molecule has 5 nitrogen and oxygen atoms in total. The van der Waals surface area contributed by atoms with Crippen LogP contribution < -0.4 is 0 Å². The van der Waals surface area contributed by atoms with Crippen molar-refractivity contribution in [2.24, 2.45) is 5.92 Å². The van der Waals surface area contributed by atoms with Gasteiger partial charge in [0.05, 0.1) is 6.07 Å². The third kappa shape index (κ3) is 3.68. The van der Waals surface area contributed by atoms with Crippen molar-refractivity contribution in [3.8, 4) is 17.6 Å². The summed E-state index contributed by atoms with van der Waals surface area (Å²) in [6.07, 6.45) is 9.57. The van der Waals surface area contributed by atoms with Gasteiger partial charge in [-0.25, -0.2) is 0 Å². The predicted molar refractivity (Wildman–Crippen MR) is 95.3 cm³/mol. The average Bonchev–Trinajstić information content (AvgIpc) is 3.04. The largest absolute Gasteiger partial charge is 0.297 e. The lowest BCUT2D eigenvalue weighted by Gasteiger charge is -2.25. The van der Waals surface area contributed by atoms with E-state index in [0.717, 1.165) is 29.5 Å². The maximum Gasteiger partial charge on any atom is 0.193 e. The van der Waals surface area contributed by atoms with Gasteiger partial charge in [-0.15, -0.1) is 16.8 Å². The molecule has 1 aliphatic rings. The van der Waals surface area contributed by atoms with Gasteiger partial charge in [-0.1, -0.05) is 43.2 Å². The highest BCUT2D eigenvalue weighted by Crippen LogP contribution is 2.36. The van der Waals surface area contributed by atoms with Gasteiger partial charge in [0.2, 0.25) is 0 Å². The molecule has 0 unspecified atom stereocenters. The van der Waals surface area contributed by atoms with Gasteiger partial charge < -0.3 is 0 Å². The summed E-state index contributed by atoms with van der Waals surface area (Å²) in [6.45, 7) is 4.43. The summed E-state index contributed by atoms with van der Waals surface area (Å²) in [5.41, 5.74) is 0.782. The predicted octanol–water partition coefficient (Wildman–Crippen LogP) is 4.09. The smallest absolute Gasteiger partial charge is 0.193 e. The second-order valence-electron chi connectivity index (χ2n) is 5.99. The summed E-state index contributed by atoms with van der Waals surface area (Å²) in [4.78, 5) is 4.36. The fraction of sp³-hybridized carbons (Fsp3) is 0.444. The van der Waals surface area contributed by atoms with Crippen LogP contribution in [0.5, 0.6) is 0 Å². The van der Waals surface area contributed by atoms with Crippen LogP contribution in [0.15, 0.2) is 42.2 Å². The highest BCUT2D eigenvalue weighted by Gasteiger charge is 2.27. The summed E-state index contributed by atoms with van der Waals surface area (Å²) < 4.78 is 1.99. The Morgan fingerprint density at radius 2 is 2.17 bits per heavy atom. The van der Waals surface area contributed by atoms with E-state index < -0.39 is 0 Å². The van der Waals surface area contributed by atoms with Gasteiger partial charge in [0.1, 0.15) is 10.9 Å². The molecule has 0 aromatic carbocycles. The Labute approximate surface area is 146 Å². The molecule has 24 heavy (non-hydrogen) atoms. The van der Waals surface area contributed by atoms with Gasteiger partial charge in [-0.05, 0) is 30.9 Å². The van der Waals surface area contributed by atoms with E-state index in [-0.39, 0.29) is 5.25 Å². The Balaban J connectivity index is 1.86. The second-order valence-corrected chi connectivity index (χ2v) is 7.09. The minimum Gasteiger partial charge on any atom is -0.297 e. The van der Waals surface area contributed by atoms with Crippen LogP contribution in [0.2, 0.25) is 0 Å². The lowest BCUT2D eigenvalue weighted by Crippen LogP contribution is -2.19. The first kappa shape index (κ1) is 16.7. The summed E-state index contributed by atoms with van der Waals surface area (Å²) in [5, 5.41) is 19.0. The standard InChI is InChI=1S/C18H21N5S/c1-2-12-23-17(15-10-6-7-11-20-15)21-22-18(23)24-16(13-19)14-8-4-3-5-9-14/h2,6-7,10-11,14,16H,1,3-5,8-9,12H2/t16-/m0/s1. The van der Waals surface area contributed by atoms with E-state index in [1.165, 1.54) is 31.0 Å². The van der Waals surface area contributed by atoms with E-state index in [0.29, 0.717) is 12.5 Å². The minimum absolute atomic E-state index is 0.0744. The Morgan fingerprint density at radius 3 is 2.83 bits per heavy atom. The van der Waals surface area contributed by atoms with E-state index in [2.05, 4.69) is 27.8 Å². The van der Waals surface area contributed by atoms with E-state index in [9.17, 15) is 5.26 Å². The van der Waals surface area contributed by atoms with Crippen molar-refractivity contribution in [3.63, 3.8) is 0 Å². The van der Waals surface area contributed by atoms with Crippen LogP contribution in [-0.4, -0.2) is 25.0 Å². The van der Waals surface area contributed by atoms with Crippen molar-refractivity contribution < 1.29 is 0 Å². The fourth-order valence-electron chi connectivity index (χ4n) is 3.13. The molecular formula is C18H21N5S. The minimum atomic E-state index is -0.0744. The molecule has 6 heteroatoms. The van der Waals surface area contributed by atoms with Gasteiger partial charge in [0.15, 0.2) is 11.0 Å². The first-order valence-electron chi connectivity index (χ1n) is 8.35. The number of pyridine rings is 1. The number of allylic oxidation sites excluding steroid dienone is 1. The van der Waals surface area contributed by atoms with E-state index in [1.54, 1.807) is 6.20 Å². The van der Waals surface area contributed by atoms with Crippen molar-refractivity contribution >= 4 is 11.8 Å². The number of nitrogens with zero attached hydrogens (tertiary/aromatic N) is 5. The maximum absolute atomic E-state index is 9.62. The lowest BCUT2D eigenvalue weighted by molar-refractivity contribution is 0.370. The normalized spacial score (nSPS) is 16.5. The topological polar surface area (TPSA) is 67.4 Å². The van der Waals surface area contributed by atoms with Crippen LogP contribution in [0.3, 0.4) is 0 Å². The molecule has 1 atom stereocenters. The monoisotopic (exact) mass is 339 g/mol. The van der Waals surface area contributed by atoms with Crippen molar-refractivity contribution in [2.45, 2.75) is 49.1 Å². The zero-order valence-corrected chi connectivity index (χ0v) is 14.5. The van der Waals surface area contributed by atoms with E-state index in [4.69, 9.17) is 0 Å². The number of aromatic nitrogens is 4. The van der Waals surface area contributed by atoms with Gasteiger partial charge >= 0.3 is 0 Å². The van der Waals surface area contributed by atoms with Gasteiger partial charge in [0.25, 0.3) is 0 Å². The highest BCUT2D eigenvalue weighted by molar-refractivity contribution is 8.00. The summed E-state index contributed by atoms with van der Waals surface area (Å²) in [5.74, 6) is 1.17. The van der Waals surface area contributed by atoms with Crippen molar-refractivity contribution in [1.82, 2.24) is 19.7 Å². The van der Waals surface area contributed by atoms with Crippen LogP contribution in [0.1, 0.15) is 32.1 Å². The quantitative estimate of drug-likeness (QED) is 0.586. The molecule has 124 valence electrons. The number of hydrogen-bond acceptors (Lipinski definition) is 5. The molecule has 1 aliphatic carbocycles. The molecule has 1 fully saturated rings. The van der Waals surface area contributed by atoms with E-state index in [1.807, 2.05) is 28.8 Å².